The van der Waals surface area contributed by atoms with Crippen molar-refractivity contribution in [2.45, 2.75) is 38.5 Å². The highest BCUT2D eigenvalue weighted by Gasteiger charge is 2.32. The summed E-state index contributed by atoms with van der Waals surface area (Å²) in [5.41, 5.74) is 0.844. The molecule has 0 amide bonds. The quantitative estimate of drug-likeness (QED) is 0.389. The van der Waals surface area contributed by atoms with Gasteiger partial charge in [0.05, 0.1) is 19.3 Å². The molecule has 1 N–H and O–H groups in total. The second kappa shape index (κ2) is 11.0. The minimum absolute atomic E-state index is 0. The number of nitrogens with zero attached hydrogens (tertiary/aromatic N) is 2. The predicted molar refractivity (Wildman–Crippen MR) is 113 cm³/mol. The van der Waals surface area contributed by atoms with Crippen LogP contribution in [0.2, 0.25) is 0 Å². The maximum Gasteiger partial charge on any atom is 0.194 e. The van der Waals surface area contributed by atoms with Gasteiger partial charge in [-0.15, -0.1) is 24.0 Å². The zero-order valence-electron chi connectivity index (χ0n) is 15.9. The minimum Gasteiger partial charge on any atom is -0.491 e. The van der Waals surface area contributed by atoms with Gasteiger partial charge in [0, 0.05) is 33.3 Å². The van der Waals surface area contributed by atoms with Crippen LogP contribution in [0.4, 0.5) is 4.39 Å². The van der Waals surface area contributed by atoms with Gasteiger partial charge in [0.15, 0.2) is 17.5 Å². The standard InChI is InChI=1S/C19H28FN3O3.HI/c1-3-24-16-7-6-14(11-15(16)20)12-22-19(21-2)23-8-10-26-18(13-23)17-5-4-9-25-17;/h6-7,11,17-18H,3-5,8-10,12-13H2,1-2H3,(H,21,22);1H. The van der Waals surface area contributed by atoms with Crippen LogP contribution >= 0.6 is 24.0 Å². The molecule has 0 aromatic heterocycles. The van der Waals surface area contributed by atoms with Gasteiger partial charge in [-0.3, -0.25) is 4.99 Å². The summed E-state index contributed by atoms with van der Waals surface area (Å²) in [6, 6.07) is 5.03. The fourth-order valence-electron chi connectivity index (χ4n) is 3.43. The average molecular weight is 493 g/mol. The third-order valence-electron chi connectivity index (χ3n) is 4.73. The van der Waals surface area contributed by atoms with Crippen molar-refractivity contribution in [3.05, 3.63) is 29.6 Å². The van der Waals surface area contributed by atoms with Crippen molar-refractivity contribution in [1.82, 2.24) is 10.2 Å². The molecule has 2 aliphatic heterocycles. The Hall–Kier alpha value is -1.13. The summed E-state index contributed by atoms with van der Waals surface area (Å²) in [6.07, 6.45) is 2.40. The average Bonchev–Trinajstić information content (AvgIpc) is 3.19. The van der Waals surface area contributed by atoms with Gasteiger partial charge in [-0.25, -0.2) is 4.39 Å². The van der Waals surface area contributed by atoms with Crippen LogP contribution in [0.3, 0.4) is 0 Å². The van der Waals surface area contributed by atoms with Crippen LogP contribution < -0.4 is 10.1 Å². The van der Waals surface area contributed by atoms with Crippen molar-refractivity contribution in [3.8, 4) is 5.75 Å². The Kier molecular flexibility index (Phi) is 9.04. The lowest BCUT2D eigenvalue weighted by Gasteiger charge is -2.37. The number of benzene rings is 1. The van der Waals surface area contributed by atoms with E-state index in [0.717, 1.165) is 44.1 Å². The molecule has 2 fully saturated rings. The number of nitrogens with one attached hydrogen (secondary N) is 1. The summed E-state index contributed by atoms with van der Waals surface area (Å²) in [5.74, 6) is 0.741. The first-order valence-electron chi connectivity index (χ1n) is 9.31. The van der Waals surface area contributed by atoms with E-state index in [2.05, 4.69) is 15.2 Å². The van der Waals surface area contributed by atoms with Crippen molar-refractivity contribution >= 4 is 29.9 Å². The lowest BCUT2D eigenvalue weighted by molar-refractivity contribution is -0.0817. The molecule has 2 saturated heterocycles. The molecule has 0 radical (unpaired) electrons. The van der Waals surface area contributed by atoms with E-state index in [1.54, 1.807) is 13.1 Å². The topological polar surface area (TPSA) is 55.3 Å². The number of guanidine groups is 1. The van der Waals surface area contributed by atoms with Crippen LogP contribution in [0.15, 0.2) is 23.2 Å². The molecule has 8 heteroatoms. The third kappa shape index (κ3) is 5.92. The smallest absolute Gasteiger partial charge is 0.194 e. The largest absolute Gasteiger partial charge is 0.491 e. The Balaban J connectivity index is 0.00000261. The molecule has 1 aromatic carbocycles. The first kappa shape index (κ1) is 22.2. The highest BCUT2D eigenvalue weighted by atomic mass is 127. The maximum atomic E-state index is 14.0. The number of morpholine rings is 1. The molecule has 152 valence electrons. The van der Waals surface area contributed by atoms with Gasteiger partial charge in [0.25, 0.3) is 0 Å². The molecule has 3 rings (SSSR count). The molecule has 27 heavy (non-hydrogen) atoms. The van der Waals surface area contributed by atoms with Crippen LogP contribution in [-0.4, -0.2) is 63.0 Å². The molecule has 2 atom stereocenters. The summed E-state index contributed by atoms with van der Waals surface area (Å²) in [7, 11) is 1.76. The summed E-state index contributed by atoms with van der Waals surface area (Å²) in [6.45, 7) is 5.79. The first-order chi connectivity index (χ1) is 12.7. The lowest BCUT2D eigenvalue weighted by atomic mass is 10.1. The van der Waals surface area contributed by atoms with Gasteiger partial charge in [0.1, 0.15) is 6.10 Å². The Morgan fingerprint density at radius 3 is 2.81 bits per heavy atom. The molecule has 2 aliphatic rings. The molecule has 2 unspecified atom stereocenters. The van der Waals surface area contributed by atoms with Crippen molar-refractivity contribution < 1.29 is 18.6 Å². The van der Waals surface area contributed by atoms with Crippen molar-refractivity contribution in [2.24, 2.45) is 4.99 Å². The maximum absolute atomic E-state index is 14.0. The van der Waals surface area contributed by atoms with Gasteiger partial charge >= 0.3 is 0 Å². The van der Waals surface area contributed by atoms with E-state index in [4.69, 9.17) is 14.2 Å². The molecule has 0 spiro atoms. The number of ether oxygens (including phenoxy) is 3. The molecule has 2 heterocycles. The summed E-state index contributed by atoms with van der Waals surface area (Å²) < 4.78 is 30.9. The Bertz CT molecular complexity index is 626. The summed E-state index contributed by atoms with van der Waals surface area (Å²) in [5, 5.41) is 3.32. The zero-order chi connectivity index (χ0) is 18.4. The van der Waals surface area contributed by atoms with E-state index in [1.807, 2.05) is 13.0 Å². The van der Waals surface area contributed by atoms with E-state index in [0.29, 0.717) is 19.8 Å². The van der Waals surface area contributed by atoms with Crippen LogP contribution in [0.25, 0.3) is 0 Å². The molecular formula is C19H29FIN3O3. The van der Waals surface area contributed by atoms with Gasteiger partial charge in [-0.1, -0.05) is 6.07 Å². The normalized spacial score (nSPS) is 23.1. The molecular weight excluding hydrogens is 464 g/mol. The van der Waals surface area contributed by atoms with E-state index >= 15 is 0 Å². The second-order valence-electron chi connectivity index (χ2n) is 6.51. The van der Waals surface area contributed by atoms with Crippen LogP contribution in [-0.2, 0) is 16.0 Å². The Morgan fingerprint density at radius 2 is 2.15 bits per heavy atom. The van der Waals surface area contributed by atoms with Crippen molar-refractivity contribution in [1.29, 1.82) is 0 Å². The molecule has 0 bridgehead atoms. The summed E-state index contributed by atoms with van der Waals surface area (Å²) >= 11 is 0. The third-order valence-corrected chi connectivity index (χ3v) is 4.73. The number of hydrogen-bond donors (Lipinski definition) is 1. The van der Waals surface area contributed by atoms with E-state index < -0.39 is 0 Å². The van der Waals surface area contributed by atoms with Crippen LogP contribution in [0, 0.1) is 5.82 Å². The van der Waals surface area contributed by atoms with E-state index in [9.17, 15) is 4.39 Å². The summed E-state index contributed by atoms with van der Waals surface area (Å²) in [4.78, 5) is 6.56. The Labute approximate surface area is 177 Å². The van der Waals surface area contributed by atoms with Gasteiger partial charge in [-0.2, -0.15) is 0 Å². The first-order valence-corrected chi connectivity index (χ1v) is 9.31. The van der Waals surface area contributed by atoms with Gasteiger partial charge < -0.3 is 24.4 Å². The highest BCUT2D eigenvalue weighted by molar-refractivity contribution is 14.0. The molecule has 1 aromatic rings. The van der Waals surface area contributed by atoms with Crippen molar-refractivity contribution in [3.63, 3.8) is 0 Å². The molecule has 6 nitrogen and oxygen atoms in total. The fraction of sp³-hybridized carbons (Fsp3) is 0.632. The number of aliphatic imine (C=N–C) groups is 1. The van der Waals surface area contributed by atoms with E-state index in [-0.39, 0.29) is 47.8 Å². The Morgan fingerprint density at radius 1 is 1.33 bits per heavy atom. The van der Waals surface area contributed by atoms with E-state index in [1.165, 1.54) is 6.07 Å². The minimum atomic E-state index is -0.342. The van der Waals surface area contributed by atoms with Crippen LogP contribution in [0.1, 0.15) is 25.3 Å². The number of rotatable bonds is 5. The molecule has 0 saturated carbocycles. The number of halogens is 2. The highest BCUT2D eigenvalue weighted by Crippen LogP contribution is 2.21. The van der Waals surface area contributed by atoms with Crippen molar-refractivity contribution in [2.75, 3.05) is 40.0 Å². The van der Waals surface area contributed by atoms with Gasteiger partial charge in [0.2, 0.25) is 0 Å². The monoisotopic (exact) mass is 493 g/mol. The SMILES string of the molecule is CCOc1ccc(CNC(=NC)N2CCOC(C3CCCO3)C2)cc1F.I. The predicted octanol–water partition coefficient (Wildman–Crippen LogP) is 2.80. The van der Waals surface area contributed by atoms with Gasteiger partial charge in [-0.05, 0) is 37.5 Å². The zero-order valence-corrected chi connectivity index (χ0v) is 18.3. The fourth-order valence-corrected chi connectivity index (χ4v) is 3.43. The number of hydrogen-bond acceptors (Lipinski definition) is 4. The molecule has 0 aliphatic carbocycles. The lowest BCUT2D eigenvalue weighted by Crippen LogP contribution is -2.53. The second-order valence-corrected chi connectivity index (χ2v) is 6.51. The van der Waals surface area contributed by atoms with Crippen LogP contribution in [0.5, 0.6) is 5.75 Å².